The fourth-order valence-electron chi connectivity index (χ4n) is 1.63. The van der Waals surface area contributed by atoms with Crippen LogP contribution in [0, 0.1) is 0 Å². The second-order valence-electron chi connectivity index (χ2n) is 4.74. The summed E-state index contributed by atoms with van der Waals surface area (Å²) in [6.45, 7) is 5.06. The number of carbonyl (C=O) groups excluding carboxylic acids is 1. The molecule has 0 heterocycles. The highest BCUT2D eigenvalue weighted by molar-refractivity contribution is 5.75. The molecule has 1 rings (SSSR count). The summed E-state index contributed by atoms with van der Waals surface area (Å²) < 4.78 is 5.32. The molecule has 1 aromatic rings. The van der Waals surface area contributed by atoms with Gasteiger partial charge in [-0.1, -0.05) is 24.3 Å². The third kappa shape index (κ3) is 6.94. The fourth-order valence-corrected chi connectivity index (χ4v) is 1.63. The van der Waals surface area contributed by atoms with Gasteiger partial charge < -0.3 is 15.2 Å². The molecule has 19 heavy (non-hydrogen) atoms. The van der Waals surface area contributed by atoms with Crippen molar-refractivity contribution >= 4 is 5.91 Å². The number of amides is 1. The Bertz CT molecular complexity index is 373. The molecule has 0 spiro atoms. The Balaban J connectivity index is 2.16. The van der Waals surface area contributed by atoms with Crippen LogP contribution in [-0.4, -0.2) is 30.3 Å². The van der Waals surface area contributed by atoms with Crippen LogP contribution in [0.3, 0.4) is 0 Å². The molecule has 4 heteroatoms. The standard InChI is InChI=1S/C15H23NO3/c1-12(2)19-10-8-15(18)16-9-7-13-3-5-14(11-17)6-4-13/h3-6,12,17H,7-11H2,1-2H3,(H,16,18). The van der Waals surface area contributed by atoms with Crippen molar-refractivity contribution in [3.8, 4) is 0 Å². The Labute approximate surface area is 114 Å². The number of benzene rings is 1. The molecule has 1 aromatic carbocycles. The number of hydrogen-bond donors (Lipinski definition) is 2. The molecule has 2 N–H and O–H groups in total. The molecular formula is C15H23NO3. The van der Waals surface area contributed by atoms with Gasteiger partial charge in [-0.15, -0.1) is 0 Å². The first-order valence-electron chi connectivity index (χ1n) is 6.69. The Hall–Kier alpha value is -1.39. The van der Waals surface area contributed by atoms with Crippen molar-refractivity contribution in [2.45, 2.75) is 39.4 Å². The molecule has 0 aliphatic heterocycles. The fraction of sp³-hybridized carbons (Fsp3) is 0.533. The van der Waals surface area contributed by atoms with Crippen LogP contribution in [0.15, 0.2) is 24.3 Å². The Kier molecular flexibility index (Phi) is 7.15. The predicted octanol–water partition coefficient (Wildman–Crippen LogP) is 1.65. The van der Waals surface area contributed by atoms with E-state index >= 15 is 0 Å². The molecule has 0 unspecified atom stereocenters. The number of rotatable bonds is 8. The molecule has 1 amide bonds. The van der Waals surface area contributed by atoms with E-state index in [1.54, 1.807) is 0 Å². The lowest BCUT2D eigenvalue weighted by molar-refractivity contribution is -0.122. The van der Waals surface area contributed by atoms with E-state index in [4.69, 9.17) is 9.84 Å². The van der Waals surface area contributed by atoms with E-state index in [0.29, 0.717) is 19.6 Å². The van der Waals surface area contributed by atoms with Gasteiger partial charge in [-0.2, -0.15) is 0 Å². The summed E-state index contributed by atoms with van der Waals surface area (Å²) in [6.07, 6.45) is 1.36. The van der Waals surface area contributed by atoms with Gasteiger partial charge in [0, 0.05) is 13.0 Å². The summed E-state index contributed by atoms with van der Waals surface area (Å²) in [6, 6.07) is 7.74. The Morgan fingerprint density at radius 3 is 2.47 bits per heavy atom. The Morgan fingerprint density at radius 2 is 1.89 bits per heavy atom. The molecule has 0 aromatic heterocycles. The maximum Gasteiger partial charge on any atom is 0.222 e. The molecule has 0 aliphatic carbocycles. The summed E-state index contributed by atoms with van der Waals surface area (Å²) >= 11 is 0. The van der Waals surface area contributed by atoms with E-state index in [0.717, 1.165) is 17.5 Å². The highest BCUT2D eigenvalue weighted by Crippen LogP contribution is 2.04. The lowest BCUT2D eigenvalue weighted by Gasteiger charge is -2.08. The van der Waals surface area contributed by atoms with E-state index < -0.39 is 0 Å². The van der Waals surface area contributed by atoms with Crippen LogP contribution in [0.4, 0.5) is 0 Å². The van der Waals surface area contributed by atoms with E-state index in [1.165, 1.54) is 0 Å². The van der Waals surface area contributed by atoms with Crippen LogP contribution in [0.2, 0.25) is 0 Å². The van der Waals surface area contributed by atoms with Crippen molar-refractivity contribution in [3.63, 3.8) is 0 Å². The minimum Gasteiger partial charge on any atom is -0.392 e. The van der Waals surface area contributed by atoms with Crippen molar-refractivity contribution in [1.82, 2.24) is 5.32 Å². The zero-order chi connectivity index (χ0) is 14.1. The number of aliphatic hydroxyl groups excluding tert-OH is 1. The van der Waals surface area contributed by atoms with E-state index in [1.807, 2.05) is 38.1 Å². The lowest BCUT2D eigenvalue weighted by Crippen LogP contribution is -2.27. The summed E-state index contributed by atoms with van der Waals surface area (Å²) in [7, 11) is 0. The maximum absolute atomic E-state index is 11.5. The second-order valence-corrected chi connectivity index (χ2v) is 4.74. The first-order valence-corrected chi connectivity index (χ1v) is 6.69. The summed E-state index contributed by atoms with van der Waals surface area (Å²) in [5, 5.41) is 11.8. The zero-order valence-corrected chi connectivity index (χ0v) is 11.7. The van der Waals surface area contributed by atoms with Crippen molar-refractivity contribution in [2.75, 3.05) is 13.2 Å². The molecule has 0 atom stereocenters. The van der Waals surface area contributed by atoms with Gasteiger partial charge >= 0.3 is 0 Å². The number of carbonyl (C=O) groups is 1. The normalized spacial score (nSPS) is 10.7. The SMILES string of the molecule is CC(C)OCCC(=O)NCCc1ccc(CO)cc1. The monoisotopic (exact) mass is 265 g/mol. The number of aliphatic hydroxyl groups is 1. The lowest BCUT2D eigenvalue weighted by atomic mass is 10.1. The van der Waals surface area contributed by atoms with Crippen molar-refractivity contribution in [1.29, 1.82) is 0 Å². The van der Waals surface area contributed by atoms with Gasteiger partial charge in [-0.3, -0.25) is 4.79 Å². The highest BCUT2D eigenvalue weighted by atomic mass is 16.5. The number of nitrogens with one attached hydrogen (secondary N) is 1. The predicted molar refractivity (Wildman–Crippen MR) is 74.8 cm³/mol. The van der Waals surface area contributed by atoms with E-state index in [-0.39, 0.29) is 18.6 Å². The molecule has 0 saturated carbocycles. The van der Waals surface area contributed by atoms with Crippen LogP contribution in [0.25, 0.3) is 0 Å². The van der Waals surface area contributed by atoms with Gasteiger partial charge in [0.05, 0.1) is 19.3 Å². The van der Waals surface area contributed by atoms with Crippen molar-refractivity contribution < 1.29 is 14.6 Å². The van der Waals surface area contributed by atoms with Crippen molar-refractivity contribution in [3.05, 3.63) is 35.4 Å². The molecular weight excluding hydrogens is 242 g/mol. The highest BCUT2D eigenvalue weighted by Gasteiger charge is 2.02. The molecule has 0 aliphatic rings. The van der Waals surface area contributed by atoms with Crippen LogP contribution < -0.4 is 5.32 Å². The maximum atomic E-state index is 11.5. The summed E-state index contributed by atoms with van der Waals surface area (Å²) in [4.78, 5) is 11.5. The smallest absolute Gasteiger partial charge is 0.222 e. The Morgan fingerprint density at radius 1 is 1.26 bits per heavy atom. The second kappa shape index (κ2) is 8.67. The van der Waals surface area contributed by atoms with Crippen LogP contribution >= 0.6 is 0 Å². The van der Waals surface area contributed by atoms with Gasteiger partial charge in [0.2, 0.25) is 5.91 Å². The molecule has 0 bridgehead atoms. The first kappa shape index (κ1) is 15.7. The van der Waals surface area contributed by atoms with Gasteiger partial charge in [0.25, 0.3) is 0 Å². The van der Waals surface area contributed by atoms with Crippen LogP contribution in [-0.2, 0) is 22.6 Å². The average Bonchev–Trinajstić information content (AvgIpc) is 2.39. The third-order valence-electron chi connectivity index (χ3n) is 2.72. The van der Waals surface area contributed by atoms with Crippen molar-refractivity contribution in [2.24, 2.45) is 0 Å². The zero-order valence-electron chi connectivity index (χ0n) is 11.7. The largest absolute Gasteiger partial charge is 0.392 e. The number of ether oxygens (including phenoxy) is 1. The topological polar surface area (TPSA) is 58.6 Å². The quantitative estimate of drug-likeness (QED) is 0.751. The average molecular weight is 265 g/mol. The number of hydrogen-bond acceptors (Lipinski definition) is 3. The molecule has 0 saturated heterocycles. The first-order chi connectivity index (χ1) is 9.11. The van der Waals surface area contributed by atoms with Crippen LogP contribution in [0.1, 0.15) is 31.4 Å². The minimum atomic E-state index is 0.0210. The van der Waals surface area contributed by atoms with Gasteiger partial charge in [0.1, 0.15) is 0 Å². The third-order valence-corrected chi connectivity index (χ3v) is 2.72. The van der Waals surface area contributed by atoms with Crippen LogP contribution in [0.5, 0.6) is 0 Å². The van der Waals surface area contributed by atoms with E-state index in [9.17, 15) is 4.79 Å². The molecule has 0 radical (unpaired) electrons. The summed E-state index contributed by atoms with van der Waals surface area (Å²) in [5.74, 6) is 0.0210. The molecule has 0 fully saturated rings. The van der Waals surface area contributed by atoms with Gasteiger partial charge in [0.15, 0.2) is 0 Å². The van der Waals surface area contributed by atoms with Gasteiger partial charge in [-0.05, 0) is 31.4 Å². The molecule has 106 valence electrons. The minimum absolute atomic E-state index is 0.0210. The van der Waals surface area contributed by atoms with Gasteiger partial charge in [-0.25, -0.2) is 0 Å². The molecule has 4 nitrogen and oxygen atoms in total. The summed E-state index contributed by atoms with van der Waals surface area (Å²) in [5.41, 5.74) is 2.05. The van der Waals surface area contributed by atoms with E-state index in [2.05, 4.69) is 5.32 Å².